The number of aryl methyl sites for hydroxylation is 2. The van der Waals surface area contributed by atoms with E-state index in [1.807, 2.05) is 18.2 Å². The summed E-state index contributed by atoms with van der Waals surface area (Å²) in [5, 5.41) is 5.18. The summed E-state index contributed by atoms with van der Waals surface area (Å²) in [4.78, 5) is 28.3. The van der Waals surface area contributed by atoms with Gasteiger partial charge in [-0.05, 0) is 20.4 Å². The van der Waals surface area contributed by atoms with Gasteiger partial charge in [-0.2, -0.15) is 5.10 Å². The van der Waals surface area contributed by atoms with Gasteiger partial charge in [0.1, 0.15) is 16.3 Å². The molecule has 7 nitrogen and oxygen atoms in total. The smallest absolute Gasteiger partial charge is 0.277 e. The van der Waals surface area contributed by atoms with Crippen LogP contribution in [0.15, 0.2) is 41.3 Å². The molecule has 0 spiro atoms. The summed E-state index contributed by atoms with van der Waals surface area (Å²) in [7, 11) is 3.81. The Labute approximate surface area is 173 Å². The van der Waals surface area contributed by atoms with Crippen molar-refractivity contribution in [3.63, 3.8) is 0 Å². The van der Waals surface area contributed by atoms with Crippen molar-refractivity contribution < 1.29 is 0 Å². The highest BCUT2D eigenvalue weighted by molar-refractivity contribution is 7.15. The Morgan fingerprint density at radius 1 is 1.24 bits per heavy atom. The van der Waals surface area contributed by atoms with Gasteiger partial charge in [-0.25, -0.2) is 9.97 Å². The van der Waals surface area contributed by atoms with Crippen LogP contribution in [0.3, 0.4) is 0 Å². The van der Waals surface area contributed by atoms with Gasteiger partial charge in [-0.1, -0.05) is 37.3 Å². The maximum absolute atomic E-state index is 12.5. The van der Waals surface area contributed by atoms with Crippen LogP contribution >= 0.6 is 11.3 Å². The second-order valence-corrected chi connectivity index (χ2v) is 8.27. The molecule has 8 heteroatoms. The number of thiazole rings is 1. The zero-order valence-corrected chi connectivity index (χ0v) is 17.8. The van der Waals surface area contributed by atoms with E-state index in [1.165, 1.54) is 4.88 Å². The highest BCUT2D eigenvalue weighted by Crippen LogP contribution is 2.30. The summed E-state index contributed by atoms with van der Waals surface area (Å²) in [6, 6.07) is 10.2. The number of nitrogens with one attached hydrogen (secondary N) is 1. The molecule has 0 amide bonds. The third-order valence-corrected chi connectivity index (χ3v) is 6.35. The predicted octanol–water partition coefficient (Wildman–Crippen LogP) is 3.67. The summed E-state index contributed by atoms with van der Waals surface area (Å²) >= 11 is 1.71. The molecule has 4 aromatic rings. The van der Waals surface area contributed by atoms with Crippen LogP contribution < -0.4 is 5.56 Å². The van der Waals surface area contributed by atoms with Gasteiger partial charge < -0.3 is 4.98 Å². The zero-order valence-electron chi connectivity index (χ0n) is 17.0. The molecule has 0 aliphatic carbocycles. The van der Waals surface area contributed by atoms with E-state index in [0.29, 0.717) is 16.9 Å². The average molecular weight is 409 g/mol. The van der Waals surface area contributed by atoms with Crippen molar-refractivity contribution in [3.05, 3.63) is 63.3 Å². The lowest BCUT2D eigenvalue weighted by Crippen LogP contribution is -2.27. The molecular weight excluding hydrogens is 384 g/mol. The monoisotopic (exact) mass is 408 g/mol. The van der Waals surface area contributed by atoms with Crippen molar-refractivity contribution >= 4 is 22.4 Å². The quantitative estimate of drug-likeness (QED) is 0.527. The van der Waals surface area contributed by atoms with Gasteiger partial charge in [0.05, 0.1) is 17.9 Å². The van der Waals surface area contributed by atoms with Crippen LogP contribution in [0.1, 0.15) is 35.8 Å². The molecule has 0 saturated heterocycles. The Morgan fingerprint density at radius 3 is 2.72 bits per heavy atom. The molecule has 1 unspecified atom stereocenters. The first kappa shape index (κ1) is 19.5. The largest absolute Gasteiger partial charge is 0.307 e. The molecule has 4 rings (SSSR count). The topological polar surface area (TPSA) is 79.7 Å². The lowest BCUT2D eigenvalue weighted by molar-refractivity contribution is 0.222. The highest BCUT2D eigenvalue weighted by atomic mass is 32.1. The molecule has 1 aromatic carbocycles. The van der Waals surface area contributed by atoms with Crippen molar-refractivity contribution in [3.8, 4) is 10.6 Å². The number of H-pyrrole nitrogens is 1. The first-order valence-electron chi connectivity index (χ1n) is 9.61. The first-order valence-corrected chi connectivity index (χ1v) is 10.4. The van der Waals surface area contributed by atoms with Gasteiger partial charge in [0.2, 0.25) is 0 Å². The molecular formula is C21H24N6OS. The van der Waals surface area contributed by atoms with Crippen LogP contribution in [-0.4, -0.2) is 36.7 Å². The van der Waals surface area contributed by atoms with Gasteiger partial charge in [0.15, 0.2) is 5.52 Å². The second-order valence-electron chi connectivity index (χ2n) is 7.19. The van der Waals surface area contributed by atoms with Gasteiger partial charge in [0, 0.05) is 24.0 Å². The number of hydrogen-bond acceptors (Lipinski definition) is 6. The van der Waals surface area contributed by atoms with Crippen molar-refractivity contribution in [1.82, 2.24) is 29.6 Å². The number of hydrogen-bond donors (Lipinski definition) is 1. The van der Waals surface area contributed by atoms with Crippen molar-refractivity contribution in [2.75, 3.05) is 7.05 Å². The zero-order chi connectivity index (χ0) is 20.5. The summed E-state index contributed by atoms with van der Waals surface area (Å²) in [5.74, 6) is 0.672. The fourth-order valence-electron chi connectivity index (χ4n) is 3.59. The van der Waals surface area contributed by atoms with Crippen LogP contribution in [0, 0.1) is 6.92 Å². The van der Waals surface area contributed by atoms with Crippen molar-refractivity contribution in [1.29, 1.82) is 0 Å². The predicted molar refractivity (Wildman–Crippen MR) is 116 cm³/mol. The van der Waals surface area contributed by atoms with E-state index in [9.17, 15) is 4.79 Å². The first-order chi connectivity index (χ1) is 14.0. The SMILES string of the molecule is CCC(c1nc2cnn(C)c2c(=O)[nH]1)N(C)Cc1sc(-c2ccccc2)nc1C. The molecule has 0 bridgehead atoms. The van der Waals surface area contributed by atoms with E-state index in [1.54, 1.807) is 29.3 Å². The molecule has 1 N–H and O–H groups in total. The van der Waals surface area contributed by atoms with Crippen LogP contribution in [0.4, 0.5) is 0 Å². The third kappa shape index (κ3) is 3.73. The molecule has 1 atom stereocenters. The lowest BCUT2D eigenvalue weighted by atomic mass is 10.1. The summed E-state index contributed by atoms with van der Waals surface area (Å²) in [5.41, 5.74) is 3.14. The maximum Gasteiger partial charge on any atom is 0.277 e. The number of aromatic amines is 1. The standard InChI is InChI=1S/C21H24N6OS/c1-5-16(19-24-15-11-22-27(4)18(15)20(28)25-19)26(3)12-17-13(2)23-21(29-17)14-9-7-6-8-10-14/h6-11,16H,5,12H2,1-4H3,(H,24,25,28). The minimum Gasteiger partial charge on any atom is -0.307 e. The van der Waals surface area contributed by atoms with Gasteiger partial charge in [-0.15, -0.1) is 11.3 Å². The van der Waals surface area contributed by atoms with Crippen LogP contribution in [0.5, 0.6) is 0 Å². The molecule has 0 saturated carbocycles. The normalized spacial score (nSPS) is 12.7. The van der Waals surface area contributed by atoms with Crippen molar-refractivity contribution in [2.45, 2.75) is 32.9 Å². The third-order valence-electron chi connectivity index (χ3n) is 5.16. The number of fused-ring (bicyclic) bond motifs is 1. The summed E-state index contributed by atoms with van der Waals surface area (Å²) in [6.07, 6.45) is 2.47. The number of rotatable bonds is 6. The number of benzene rings is 1. The molecule has 29 heavy (non-hydrogen) atoms. The summed E-state index contributed by atoms with van der Waals surface area (Å²) < 4.78 is 1.56. The Balaban J connectivity index is 1.61. The Morgan fingerprint density at radius 2 is 2.00 bits per heavy atom. The number of nitrogens with zero attached hydrogens (tertiary/aromatic N) is 5. The molecule has 0 aliphatic rings. The average Bonchev–Trinajstić information content (AvgIpc) is 3.26. The van der Waals surface area contributed by atoms with E-state index in [4.69, 9.17) is 4.98 Å². The Hall–Kier alpha value is -2.84. The molecule has 3 aromatic heterocycles. The van der Waals surface area contributed by atoms with Crippen LogP contribution in [0.2, 0.25) is 0 Å². The molecule has 3 heterocycles. The lowest BCUT2D eigenvalue weighted by Gasteiger charge is -2.25. The van der Waals surface area contributed by atoms with Crippen LogP contribution in [-0.2, 0) is 13.6 Å². The van der Waals surface area contributed by atoms with Gasteiger partial charge in [-0.3, -0.25) is 14.4 Å². The molecule has 0 fully saturated rings. The minimum absolute atomic E-state index is 0.00557. The van der Waals surface area contributed by atoms with E-state index in [2.05, 4.69) is 53.0 Å². The molecule has 0 radical (unpaired) electrons. The highest BCUT2D eigenvalue weighted by Gasteiger charge is 2.22. The molecule has 150 valence electrons. The molecule has 0 aliphatic heterocycles. The van der Waals surface area contributed by atoms with Gasteiger partial charge in [0.25, 0.3) is 5.56 Å². The number of aromatic nitrogens is 5. The van der Waals surface area contributed by atoms with Gasteiger partial charge >= 0.3 is 0 Å². The summed E-state index contributed by atoms with van der Waals surface area (Å²) in [6.45, 7) is 4.89. The minimum atomic E-state index is -0.155. The fourth-order valence-corrected chi connectivity index (χ4v) is 4.72. The Kier molecular flexibility index (Phi) is 5.29. The van der Waals surface area contributed by atoms with Crippen molar-refractivity contribution in [2.24, 2.45) is 7.05 Å². The maximum atomic E-state index is 12.5. The van der Waals surface area contributed by atoms with E-state index < -0.39 is 0 Å². The van der Waals surface area contributed by atoms with E-state index in [-0.39, 0.29) is 11.6 Å². The second kappa shape index (κ2) is 7.88. The van der Waals surface area contributed by atoms with Crippen LogP contribution in [0.25, 0.3) is 21.6 Å². The van der Waals surface area contributed by atoms with E-state index >= 15 is 0 Å². The fraction of sp³-hybridized carbons (Fsp3) is 0.333. The van der Waals surface area contributed by atoms with E-state index in [0.717, 1.165) is 29.2 Å². The Bertz CT molecular complexity index is 1190.